The van der Waals surface area contributed by atoms with E-state index < -0.39 is 10.0 Å². The van der Waals surface area contributed by atoms with Gasteiger partial charge in [0, 0.05) is 25.6 Å². The van der Waals surface area contributed by atoms with Gasteiger partial charge >= 0.3 is 5.97 Å². The van der Waals surface area contributed by atoms with E-state index in [-0.39, 0.29) is 19.2 Å². The Kier molecular flexibility index (Phi) is 5.23. The van der Waals surface area contributed by atoms with Gasteiger partial charge in [-0.05, 0) is 49.1 Å². The van der Waals surface area contributed by atoms with E-state index >= 15 is 0 Å². The summed E-state index contributed by atoms with van der Waals surface area (Å²) in [7, 11) is -3.41. The van der Waals surface area contributed by atoms with Crippen molar-refractivity contribution < 1.29 is 27.4 Å². The summed E-state index contributed by atoms with van der Waals surface area (Å²) in [5.74, 6) is 1.22. The lowest BCUT2D eigenvalue weighted by Gasteiger charge is -2.15. The Balaban J connectivity index is 1.33. The molecule has 28 heavy (non-hydrogen) atoms. The summed E-state index contributed by atoms with van der Waals surface area (Å²) in [5.41, 5.74) is 0.878. The van der Waals surface area contributed by atoms with Crippen LogP contribution in [0.5, 0.6) is 17.2 Å². The van der Waals surface area contributed by atoms with Gasteiger partial charge in [-0.3, -0.25) is 4.79 Å². The highest BCUT2D eigenvalue weighted by atomic mass is 32.2. The first-order chi connectivity index (χ1) is 13.5. The predicted octanol–water partition coefficient (Wildman–Crippen LogP) is 2.74. The van der Waals surface area contributed by atoms with Crippen LogP contribution in [0.25, 0.3) is 0 Å². The van der Waals surface area contributed by atoms with Crippen LogP contribution in [0, 0.1) is 0 Å². The van der Waals surface area contributed by atoms with Crippen LogP contribution in [0.4, 0.5) is 0 Å². The number of benzene rings is 2. The van der Waals surface area contributed by atoms with Crippen molar-refractivity contribution in [2.75, 3.05) is 19.9 Å². The van der Waals surface area contributed by atoms with Gasteiger partial charge in [0.15, 0.2) is 11.5 Å². The van der Waals surface area contributed by atoms with Gasteiger partial charge in [-0.1, -0.05) is 12.1 Å². The Labute approximate surface area is 163 Å². The third-order valence-corrected chi connectivity index (χ3v) is 6.73. The third kappa shape index (κ3) is 3.98. The van der Waals surface area contributed by atoms with E-state index in [1.54, 1.807) is 42.5 Å². The monoisotopic (exact) mass is 403 g/mol. The summed E-state index contributed by atoms with van der Waals surface area (Å²) >= 11 is 0. The first kappa shape index (κ1) is 18.8. The van der Waals surface area contributed by atoms with E-state index in [4.69, 9.17) is 14.2 Å². The molecule has 2 aromatic rings. The normalized spacial score (nSPS) is 16.3. The molecular weight excluding hydrogens is 382 g/mol. The highest BCUT2D eigenvalue weighted by Crippen LogP contribution is 2.35. The number of hydrogen-bond donors (Lipinski definition) is 0. The molecule has 0 spiro atoms. The first-order valence-electron chi connectivity index (χ1n) is 9.22. The average Bonchev–Trinajstić information content (AvgIpc) is 3.38. The van der Waals surface area contributed by atoms with E-state index in [0.717, 1.165) is 18.4 Å². The molecule has 8 heteroatoms. The molecule has 0 radical (unpaired) electrons. The number of sulfonamides is 1. The second-order valence-corrected chi connectivity index (χ2v) is 8.68. The standard InChI is InChI=1S/C20H21NO6S/c22-20(27-16-6-9-18-19(13-16)26-14-25-18)10-5-15-3-7-17(8-4-15)28(23,24)21-11-1-2-12-21/h3-4,6-9,13H,1-2,5,10-12,14H2. The lowest BCUT2D eigenvalue weighted by atomic mass is 10.1. The number of rotatable bonds is 6. The van der Waals surface area contributed by atoms with Crippen molar-refractivity contribution in [1.82, 2.24) is 4.31 Å². The molecule has 1 saturated heterocycles. The molecule has 148 valence electrons. The zero-order valence-electron chi connectivity index (χ0n) is 15.3. The molecule has 0 aliphatic carbocycles. The minimum Gasteiger partial charge on any atom is -0.454 e. The molecule has 1 fully saturated rings. The molecule has 2 aromatic carbocycles. The summed E-state index contributed by atoms with van der Waals surface area (Å²) in [6.07, 6.45) is 2.46. The number of esters is 1. The highest BCUT2D eigenvalue weighted by Gasteiger charge is 2.26. The molecule has 0 aromatic heterocycles. The minimum atomic E-state index is -3.41. The van der Waals surface area contributed by atoms with Crippen LogP contribution in [0.15, 0.2) is 47.4 Å². The van der Waals surface area contributed by atoms with E-state index in [1.165, 1.54) is 4.31 Å². The van der Waals surface area contributed by atoms with E-state index in [2.05, 4.69) is 0 Å². The summed E-state index contributed by atoms with van der Waals surface area (Å²) in [4.78, 5) is 12.4. The van der Waals surface area contributed by atoms with Gasteiger partial charge in [0.25, 0.3) is 0 Å². The molecule has 0 atom stereocenters. The molecule has 0 unspecified atom stereocenters. The molecule has 0 saturated carbocycles. The molecular formula is C20H21NO6S. The second-order valence-electron chi connectivity index (χ2n) is 6.74. The van der Waals surface area contributed by atoms with E-state index in [1.807, 2.05) is 0 Å². The van der Waals surface area contributed by atoms with Crippen molar-refractivity contribution in [3.63, 3.8) is 0 Å². The molecule has 2 heterocycles. The van der Waals surface area contributed by atoms with Gasteiger partial charge in [-0.15, -0.1) is 0 Å². The van der Waals surface area contributed by atoms with Gasteiger partial charge in [0.2, 0.25) is 16.8 Å². The van der Waals surface area contributed by atoms with E-state index in [9.17, 15) is 13.2 Å². The summed E-state index contributed by atoms with van der Waals surface area (Å²) in [6.45, 7) is 1.32. The molecule has 4 rings (SSSR count). The topological polar surface area (TPSA) is 82.1 Å². The molecule has 7 nitrogen and oxygen atoms in total. The zero-order valence-corrected chi connectivity index (χ0v) is 16.1. The van der Waals surface area contributed by atoms with Crippen LogP contribution in [-0.4, -0.2) is 38.6 Å². The Bertz CT molecular complexity index is 965. The van der Waals surface area contributed by atoms with Gasteiger partial charge in [-0.2, -0.15) is 4.31 Å². The first-order valence-corrected chi connectivity index (χ1v) is 10.7. The van der Waals surface area contributed by atoms with Gasteiger partial charge in [0.1, 0.15) is 5.75 Å². The Hall–Kier alpha value is -2.58. The highest BCUT2D eigenvalue weighted by molar-refractivity contribution is 7.89. The van der Waals surface area contributed by atoms with Crippen LogP contribution >= 0.6 is 0 Å². The largest absolute Gasteiger partial charge is 0.454 e. The fourth-order valence-corrected chi connectivity index (χ4v) is 4.79. The van der Waals surface area contributed by atoms with Crippen molar-refractivity contribution in [2.45, 2.75) is 30.6 Å². The van der Waals surface area contributed by atoms with Crippen LogP contribution in [-0.2, 0) is 21.2 Å². The van der Waals surface area contributed by atoms with Crippen molar-refractivity contribution in [3.05, 3.63) is 48.0 Å². The maximum Gasteiger partial charge on any atom is 0.311 e. The fourth-order valence-electron chi connectivity index (χ4n) is 3.27. The van der Waals surface area contributed by atoms with E-state index in [0.29, 0.717) is 41.7 Å². The lowest BCUT2D eigenvalue weighted by Crippen LogP contribution is -2.27. The van der Waals surface area contributed by atoms with Crippen molar-refractivity contribution in [3.8, 4) is 17.2 Å². The number of aryl methyl sites for hydroxylation is 1. The predicted molar refractivity (Wildman–Crippen MR) is 101 cm³/mol. The van der Waals surface area contributed by atoms with Crippen LogP contribution < -0.4 is 14.2 Å². The number of hydrogen-bond acceptors (Lipinski definition) is 6. The quantitative estimate of drug-likeness (QED) is 0.545. The van der Waals surface area contributed by atoms with Gasteiger partial charge in [0.05, 0.1) is 4.90 Å². The van der Waals surface area contributed by atoms with Crippen molar-refractivity contribution in [2.24, 2.45) is 0 Å². The summed E-state index contributed by atoms with van der Waals surface area (Å²) in [6, 6.07) is 11.7. The lowest BCUT2D eigenvalue weighted by molar-refractivity contribution is -0.134. The summed E-state index contributed by atoms with van der Waals surface area (Å²) < 4.78 is 42.4. The van der Waals surface area contributed by atoms with Crippen LogP contribution in [0.3, 0.4) is 0 Å². The van der Waals surface area contributed by atoms with Crippen LogP contribution in [0.1, 0.15) is 24.8 Å². The maximum atomic E-state index is 12.5. The molecule has 0 amide bonds. The molecule has 2 aliphatic rings. The summed E-state index contributed by atoms with van der Waals surface area (Å²) in [5, 5.41) is 0. The maximum absolute atomic E-state index is 12.5. The zero-order chi connectivity index (χ0) is 19.6. The number of nitrogens with zero attached hydrogens (tertiary/aromatic N) is 1. The SMILES string of the molecule is O=C(CCc1ccc(S(=O)(=O)N2CCCC2)cc1)Oc1ccc2c(c1)OCO2. The van der Waals surface area contributed by atoms with Gasteiger partial charge < -0.3 is 14.2 Å². The van der Waals surface area contributed by atoms with Crippen molar-refractivity contribution in [1.29, 1.82) is 0 Å². The second kappa shape index (κ2) is 7.81. The number of ether oxygens (including phenoxy) is 3. The Morgan fingerprint density at radius 2 is 1.71 bits per heavy atom. The van der Waals surface area contributed by atoms with Crippen LogP contribution in [0.2, 0.25) is 0 Å². The number of carbonyl (C=O) groups excluding carboxylic acids is 1. The van der Waals surface area contributed by atoms with Gasteiger partial charge in [-0.25, -0.2) is 8.42 Å². The third-order valence-electron chi connectivity index (χ3n) is 4.82. The Morgan fingerprint density at radius 1 is 1.00 bits per heavy atom. The minimum absolute atomic E-state index is 0.163. The number of carbonyl (C=O) groups is 1. The van der Waals surface area contributed by atoms with Crippen molar-refractivity contribution >= 4 is 16.0 Å². The number of fused-ring (bicyclic) bond motifs is 1. The average molecular weight is 403 g/mol. The molecule has 0 N–H and O–H groups in total. The fraction of sp³-hybridized carbons (Fsp3) is 0.350. The molecule has 2 aliphatic heterocycles. The Morgan fingerprint density at radius 3 is 2.46 bits per heavy atom. The molecule has 0 bridgehead atoms. The smallest absolute Gasteiger partial charge is 0.311 e.